The molecule has 0 radical (unpaired) electrons. The summed E-state index contributed by atoms with van der Waals surface area (Å²) in [5, 5.41) is 0. The second kappa shape index (κ2) is 6.39. The summed E-state index contributed by atoms with van der Waals surface area (Å²) >= 11 is 3.18. The van der Waals surface area contributed by atoms with E-state index in [9.17, 15) is 9.18 Å². The molecule has 0 amide bonds. The number of benzene rings is 2. The van der Waals surface area contributed by atoms with Gasteiger partial charge in [-0.05, 0) is 56.2 Å². The Bertz CT molecular complexity index is 682. The highest BCUT2D eigenvalue weighted by Gasteiger charge is 2.19. The van der Waals surface area contributed by atoms with Gasteiger partial charge in [0.25, 0.3) is 0 Å². The average molecular weight is 351 g/mol. The molecule has 0 aliphatic rings. The van der Waals surface area contributed by atoms with Crippen LogP contribution in [0.1, 0.15) is 28.4 Å². The Balaban J connectivity index is 2.17. The van der Waals surface area contributed by atoms with Crippen molar-refractivity contribution in [1.29, 1.82) is 0 Å². The van der Waals surface area contributed by atoms with Gasteiger partial charge >= 0.3 is 0 Å². The highest BCUT2D eigenvalue weighted by Crippen LogP contribution is 2.23. The van der Waals surface area contributed by atoms with Crippen LogP contribution in [0.3, 0.4) is 0 Å². The summed E-state index contributed by atoms with van der Waals surface area (Å²) in [5.41, 5.74) is 2.74. The highest BCUT2D eigenvalue weighted by molar-refractivity contribution is 9.10. The molecule has 0 aliphatic carbocycles. The lowest BCUT2D eigenvalue weighted by atomic mass is 10.0. The largest absolute Gasteiger partial charge is 0.479 e. The highest BCUT2D eigenvalue weighted by atomic mass is 79.9. The number of Topliss-reactive ketones (excluding diaryl/α,β-unsaturated/α-hetero) is 1. The zero-order valence-electron chi connectivity index (χ0n) is 12.1. The third kappa shape index (κ3) is 3.70. The first-order valence-electron chi connectivity index (χ1n) is 6.61. The number of rotatable bonds is 4. The van der Waals surface area contributed by atoms with Crippen LogP contribution in [-0.4, -0.2) is 11.9 Å². The summed E-state index contributed by atoms with van der Waals surface area (Å²) in [6.07, 6.45) is -0.747. The molecule has 1 unspecified atom stereocenters. The van der Waals surface area contributed by atoms with Crippen molar-refractivity contribution >= 4 is 21.7 Å². The molecule has 110 valence electrons. The maximum atomic E-state index is 13.7. The maximum absolute atomic E-state index is 13.7. The third-order valence-corrected chi connectivity index (χ3v) is 3.85. The Morgan fingerprint density at radius 3 is 2.48 bits per heavy atom. The molecule has 2 rings (SSSR count). The van der Waals surface area contributed by atoms with Gasteiger partial charge in [-0.2, -0.15) is 0 Å². The lowest BCUT2D eigenvalue weighted by Gasteiger charge is -2.15. The first kappa shape index (κ1) is 15.7. The van der Waals surface area contributed by atoms with E-state index < -0.39 is 11.9 Å². The maximum Gasteiger partial charge on any atom is 0.203 e. The van der Waals surface area contributed by atoms with E-state index in [0.29, 0.717) is 10.0 Å². The first-order chi connectivity index (χ1) is 9.88. The van der Waals surface area contributed by atoms with Crippen LogP contribution in [0.2, 0.25) is 0 Å². The molecule has 0 saturated heterocycles. The molecule has 0 fully saturated rings. The molecule has 21 heavy (non-hydrogen) atoms. The number of carbonyl (C=O) groups excluding carboxylic acids is 1. The van der Waals surface area contributed by atoms with Crippen molar-refractivity contribution < 1.29 is 13.9 Å². The number of hydrogen-bond acceptors (Lipinski definition) is 2. The molecule has 2 aromatic carbocycles. The van der Waals surface area contributed by atoms with E-state index in [4.69, 9.17) is 4.74 Å². The van der Waals surface area contributed by atoms with Gasteiger partial charge in [-0.3, -0.25) is 4.79 Å². The van der Waals surface area contributed by atoms with Crippen LogP contribution in [-0.2, 0) is 0 Å². The number of halogens is 2. The van der Waals surface area contributed by atoms with Crippen molar-refractivity contribution in [3.63, 3.8) is 0 Å². The summed E-state index contributed by atoms with van der Waals surface area (Å²) in [5.74, 6) is -0.590. The smallest absolute Gasteiger partial charge is 0.203 e. The molecule has 2 aromatic rings. The van der Waals surface area contributed by atoms with Gasteiger partial charge in [0.15, 0.2) is 17.7 Å². The van der Waals surface area contributed by atoms with E-state index in [1.165, 1.54) is 12.1 Å². The average Bonchev–Trinajstić information content (AvgIpc) is 2.44. The van der Waals surface area contributed by atoms with Gasteiger partial charge in [-0.1, -0.05) is 28.1 Å². The standard InChI is InChI=1S/C17H16BrFO2/c1-10-4-5-13(8-11(10)2)17(20)12(3)21-16-7-6-14(18)9-15(16)19/h4-9,12H,1-3H3. The summed E-state index contributed by atoms with van der Waals surface area (Å²) in [6, 6.07) is 9.98. The van der Waals surface area contributed by atoms with Crippen LogP contribution in [0.5, 0.6) is 5.75 Å². The van der Waals surface area contributed by atoms with Crippen molar-refractivity contribution in [3.8, 4) is 5.75 Å². The summed E-state index contributed by atoms with van der Waals surface area (Å²) in [7, 11) is 0. The van der Waals surface area contributed by atoms with Crippen molar-refractivity contribution in [2.75, 3.05) is 0 Å². The number of hydrogen-bond donors (Lipinski definition) is 0. The molecule has 0 aromatic heterocycles. The molecule has 0 bridgehead atoms. The molecule has 1 atom stereocenters. The predicted octanol–water partition coefficient (Wildman–Crippen LogP) is 4.86. The quantitative estimate of drug-likeness (QED) is 0.736. The van der Waals surface area contributed by atoms with Crippen LogP contribution in [0, 0.1) is 19.7 Å². The van der Waals surface area contributed by atoms with E-state index in [2.05, 4.69) is 15.9 Å². The molecule has 0 N–H and O–H groups in total. The molecular weight excluding hydrogens is 335 g/mol. The molecule has 0 heterocycles. The Morgan fingerprint density at radius 2 is 1.86 bits per heavy atom. The van der Waals surface area contributed by atoms with Gasteiger partial charge < -0.3 is 4.74 Å². The molecular formula is C17H16BrFO2. The van der Waals surface area contributed by atoms with Crippen LogP contribution >= 0.6 is 15.9 Å². The van der Waals surface area contributed by atoms with Crippen molar-refractivity contribution in [2.24, 2.45) is 0 Å². The topological polar surface area (TPSA) is 26.3 Å². The lowest BCUT2D eigenvalue weighted by molar-refractivity contribution is 0.0812. The fourth-order valence-corrected chi connectivity index (χ4v) is 2.28. The van der Waals surface area contributed by atoms with Gasteiger partial charge in [0.05, 0.1) is 0 Å². The molecule has 0 aliphatic heterocycles. The van der Waals surface area contributed by atoms with Crippen molar-refractivity contribution in [1.82, 2.24) is 0 Å². The predicted molar refractivity (Wildman–Crippen MR) is 84.4 cm³/mol. The van der Waals surface area contributed by atoms with Crippen molar-refractivity contribution in [2.45, 2.75) is 26.9 Å². The van der Waals surface area contributed by atoms with Crippen LogP contribution < -0.4 is 4.74 Å². The number of carbonyl (C=O) groups is 1. The van der Waals surface area contributed by atoms with E-state index in [1.54, 1.807) is 19.1 Å². The minimum atomic E-state index is -0.747. The van der Waals surface area contributed by atoms with Gasteiger partial charge in [-0.25, -0.2) is 4.39 Å². The molecule has 0 saturated carbocycles. The van der Waals surface area contributed by atoms with E-state index in [1.807, 2.05) is 26.0 Å². The molecule has 4 heteroatoms. The second-order valence-corrected chi connectivity index (χ2v) is 5.91. The van der Waals surface area contributed by atoms with Crippen LogP contribution in [0.4, 0.5) is 4.39 Å². The van der Waals surface area contributed by atoms with Gasteiger partial charge in [0.1, 0.15) is 0 Å². The zero-order valence-corrected chi connectivity index (χ0v) is 13.7. The molecule has 0 spiro atoms. The minimum absolute atomic E-state index is 0.0721. The summed E-state index contributed by atoms with van der Waals surface area (Å²) in [6.45, 7) is 5.56. The van der Waals surface area contributed by atoms with Gasteiger partial charge in [0, 0.05) is 10.0 Å². The Morgan fingerprint density at radius 1 is 1.14 bits per heavy atom. The SMILES string of the molecule is Cc1ccc(C(=O)C(C)Oc2ccc(Br)cc2F)cc1C. The van der Waals surface area contributed by atoms with Crippen molar-refractivity contribution in [3.05, 3.63) is 63.4 Å². The molecule has 2 nitrogen and oxygen atoms in total. The summed E-state index contributed by atoms with van der Waals surface area (Å²) < 4.78 is 19.8. The number of ketones is 1. The van der Waals surface area contributed by atoms with E-state index >= 15 is 0 Å². The van der Waals surface area contributed by atoms with Gasteiger partial charge in [0.2, 0.25) is 5.78 Å². The minimum Gasteiger partial charge on any atom is -0.479 e. The Kier molecular flexibility index (Phi) is 4.78. The van der Waals surface area contributed by atoms with Gasteiger partial charge in [-0.15, -0.1) is 0 Å². The third-order valence-electron chi connectivity index (χ3n) is 3.36. The normalized spacial score (nSPS) is 12.0. The van der Waals surface area contributed by atoms with Crippen LogP contribution in [0.25, 0.3) is 0 Å². The van der Waals surface area contributed by atoms with E-state index in [-0.39, 0.29) is 11.5 Å². The number of aryl methyl sites for hydroxylation is 2. The zero-order chi connectivity index (χ0) is 15.6. The monoisotopic (exact) mass is 350 g/mol. The summed E-state index contributed by atoms with van der Waals surface area (Å²) in [4.78, 5) is 12.3. The second-order valence-electron chi connectivity index (χ2n) is 5.00. The lowest BCUT2D eigenvalue weighted by Crippen LogP contribution is -2.24. The fourth-order valence-electron chi connectivity index (χ4n) is 1.94. The fraction of sp³-hybridized carbons (Fsp3) is 0.235. The van der Waals surface area contributed by atoms with E-state index in [0.717, 1.165) is 11.1 Å². The first-order valence-corrected chi connectivity index (χ1v) is 7.41. The Hall–Kier alpha value is -1.68. The van der Waals surface area contributed by atoms with Crippen LogP contribution in [0.15, 0.2) is 40.9 Å². The Labute approximate surface area is 132 Å². The number of ether oxygens (including phenoxy) is 1.